The fraction of sp³-hybridized carbons (Fsp3) is 0.500. The van der Waals surface area contributed by atoms with Crippen LogP contribution in [0.2, 0.25) is 0 Å². The quantitative estimate of drug-likeness (QED) is 0.856. The Balaban J connectivity index is 2.08. The molecule has 1 fully saturated rings. The number of aryl methyl sites for hydroxylation is 2. The number of rotatable bonds is 4. The lowest BCUT2D eigenvalue weighted by Crippen LogP contribution is -2.52. The summed E-state index contributed by atoms with van der Waals surface area (Å²) in [5, 5.41) is 0. The molecule has 2 rings (SSSR count). The van der Waals surface area contributed by atoms with Crippen molar-refractivity contribution in [2.75, 3.05) is 6.61 Å². The Bertz CT molecular complexity index is 447. The van der Waals surface area contributed by atoms with Gasteiger partial charge in [-0.05, 0) is 44.0 Å². The van der Waals surface area contributed by atoms with Crippen LogP contribution in [-0.2, 0) is 9.53 Å². The third-order valence-corrected chi connectivity index (χ3v) is 4.35. The minimum Gasteiger partial charge on any atom is -0.487 e. The van der Waals surface area contributed by atoms with Crippen LogP contribution >= 0.6 is 15.9 Å². The number of Topliss-reactive ketones (excluding diaryl/α,β-unsaturated/α-hetero) is 1. The highest BCUT2D eigenvalue weighted by Crippen LogP contribution is 2.30. The maximum Gasteiger partial charge on any atom is 0.169 e. The summed E-state index contributed by atoms with van der Waals surface area (Å²) in [5.41, 5.74) is 2.26. The van der Waals surface area contributed by atoms with Crippen LogP contribution in [0.5, 0.6) is 5.75 Å². The Hall–Kier alpha value is -0.870. The summed E-state index contributed by atoms with van der Waals surface area (Å²) in [4.78, 5) is 11.4. The molecule has 0 aliphatic heterocycles. The fourth-order valence-corrected chi connectivity index (χ4v) is 2.33. The van der Waals surface area contributed by atoms with Gasteiger partial charge in [0.1, 0.15) is 11.9 Å². The van der Waals surface area contributed by atoms with Crippen molar-refractivity contribution in [3.63, 3.8) is 0 Å². The van der Waals surface area contributed by atoms with E-state index in [1.807, 2.05) is 32.9 Å². The van der Waals surface area contributed by atoms with Crippen molar-refractivity contribution < 1.29 is 14.3 Å². The molecule has 3 nitrogen and oxygen atoms in total. The van der Waals surface area contributed by atoms with Gasteiger partial charge in [-0.3, -0.25) is 4.79 Å². The summed E-state index contributed by atoms with van der Waals surface area (Å²) >= 11 is 3.52. The van der Waals surface area contributed by atoms with E-state index in [-0.39, 0.29) is 18.0 Å². The summed E-state index contributed by atoms with van der Waals surface area (Å²) in [6.07, 6.45) is -0.0876. The van der Waals surface area contributed by atoms with Crippen LogP contribution in [0.4, 0.5) is 0 Å². The van der Waals surface area contributed by atoms with Gasteiger partial charge in [-0.2, -0.15) is 0 Å². The molecular formula is C14H17BrO3. The summed E-state index contributed by atoms with van der Waals surface area (Å²) in [6.45, 7) is 6.47. The zero-order chi connectivity index (χ0) is 13.3. The predicted octanol–water partition coefficient (Wildman–Crippen LogP) is 3.19. The molecular weight excluding hydrogens is 296 g/mol. The Kier molecular flexibility index (Phi) is 4.07. The SMILES string of the molecule is CCOC1C(=O)CC1Oc1cc(C)c(Br)c(C)c1. The Morgan fingerprint density at radius 2 is 1.94 bits per heavy atom. The average Bonchev–Trinajstić information content (AvgIpc) is 2.32. The van der Waals surface area contributed by atoms with E-state index in [0.29, 0.717) is 13.0 Å². The number of benzene rings is 1. The number of carbonyl (C=O) groups excluding carboxylic acids is 1. The fourth-order valence-electron chi connectivity index (χ4n) is 2.10. The van der Waals surface area contributed by atoms with E-state index in [1.54, 1.807) is 0 Å². The number of hydrogen-bond donors (Lipinski definition) is 0. The first-order valence-electron chi connectivity index (χ1n) is 6.10. The zero-order valence-electron chi connectivity index (χ0n) is 10.8. The Labute approximate surface area is 116 Å². The molecule has 0 saturated heterocycles. The summed E-state index contributed by atoms with van der Waals surface area (Å²) in [6, 6.07) is 3.95. The van der Waals surface area contributed by atoms with Crippen LogP contribution in [0, 0.1) is 13.8 Å². The highest BCUT2D eigenvalue weighted by molar-refractivity contribution is 9.10. The number of ketones is 1. The molecule has 18 heavy (non-hydrogen) atoms. The molecule has 1 aromatic carbocycles. The molecule has 1 aliphatic carbocycles. The van der Waals surface area contributed by atoms with E-state index < -0.39 is 0 Å². The van der Waals surface area contributed by atoms with Crippen molar-refractivity contribution in [1.29, 1.82) is 0 Å². The first-order chi connectivity index (χ1) is 8.52. The van der Waals surface area contributed by atoms with Crippen LogP contribution in [0.15, 0.2) is 16.6 Å². The lowest BCUT2D eigenvalue weighted by molar-refractivity contribution is -0.154. The van der Waals surface area contributed by atoms with Gasteiger partial charge in [0.05, 0.1) is 0 Å². The van der Waals surface area contributed by atoms with Crippen LogP contribution < -0.4 is 4.74 Å². The van der Waals surface area contributed by atoms with Crippen LogP contribution in [0.25, 0.3) is 0 Å². The van der Waals surface area contributed by atoms with Crippen LogP contribution in [-0.4, -0.2) is 24.6 Å². The van der Waals surface area contributed by atoms with E-state index >= 15 is 0 Å². The first-order valence-corrected chi connectivity index (χ1v) is 6.90. The van der Waals surface area contributed by atoms with Gasteiger partial charge in [0.25, 0.3) is 0 Å². The molecule has 2 atom stereocenters. The Morgan fingerprint density at radius 3 is 2.44 bits per heavy atom. The number of ether oxygens (including phenoxy) is 2. The summed E-state index contributed by atoms with van der Waals surface area (Å²) in [5.74, 6) is 0.933. The minimum atomic E-state index is -0.390. The second-order valence-electron chi connectivity index (χ2n) is 4.57. The smallest absolute Gasteiger partial charge is 0.169 e. The summed E-state index contributed by atoms with van der Waals surface area (Å²) in [7, 11) is 0. The molecule has 0 radical (unpaired) electrons. The topological polar surface area (TPSA) is 35.5 Å². The molecule has 0 aromatic heterocycles. The minimum absolute atomic E-state index is 0.132. The van der Waals surface area contributed by atoms with Crippen molar-refractivity contribution in [1.82, 2.24) is 0 Å². The lowest BCUT2D eigenvalue weighted by Gasteiger charge is -2.34. The maximum absolute atomic E-state index is 11.4. The highest BCUT2D eigenvalue weighted by atomic mass is 79.9. The average molecular weight is 313 g/mol. The van der Waals surface area contributed by atoms with Gasteiger partial charge in [0.15, 0.2) is 11.9 Å². The second kappa shape index (κ2) is 5.41. The number of carbonyl (C=O) groups is 1. The lowest BCUT2D eigenvalue weighted by atomic mass is 9.90. The summed E-state index contributed by atoms with van der Waals surface area (Å²) < 4.78 is 12.3. The van der Waals surface area contributed by atoms with Crippen molar-refractivity contribution in [2.45, 2.75) is 39.4 Å². The third-order valence-electron chi connectivity index (χ3n) is 3.10. The van der Waals surface area contributed by atoms with Crippen molar-refractivity contribution in [2.24, 2.45) is 0 Å². The molecule has 0 amide bonds. The number of halogens is 1. The van der Waals surface area contributed by atoms with Gasteiger partial charge in [-0.15, -0.1) is 0 Å². The van der Waals surface area contributed by atoms with Crippen molar-refractivity contribution >= 4 is 21.7 Å². The van der Waals surface area contributed by atoms with Gasteiger partial charge in [0.2, 0.25) is 0 Å². The van der Waals surface area contributed by atoms with E-state index in [1.165, 1.54) is 0 Å². The molecule has 1 saturated carbocycles. The third kappa shape index (κ3) is 2.59. The van der Waals surface area contributed by atoms with Crippen molar-refractivity contribution in [3.8, 4) is 5.75 Å². The predicted molar refractivity (Wildman–Crippen MR) is 73.1 cm³/mol. The molecule has 98 valence electrons. The Morgan fingerprint density at radius 1 is 1.33 bits per heavy atom. The van der Waals surface area contributed by atoms with Gasteiger partial charge < -0.3 is 9.47 Å². The molecule has 0 heterocycles. The van der Waals surface area contributed by atoms with E-state index in [0.717, 1.165) is 21.3 Å². The maximum atomic E-state index is 11.4. The van der Waals surface area contributed by atoms with Crippen molar-refractivity contribution in [3.05, 3.63) is 27.7 Å². The number of hydrogen-bond acceptors (Lipinski definition) is 3. The molecule has 0 bridgehead atoms. The van der Waals surface area contributed by atoms with Crippen LogP contribution in [0.1, 0.15) is 24.5 Å². The molecule has 2 unspecified atom stereocenters. The van der Waals surface area contributed by atoms with E-state index in [2.05, 4.69) is 15.9 Å². The molecule has 0 spiro atoms. The first kappa shape index (κ1) is 13.6. The normalized spacial score (nSPS) is 22.8. The standard InChI is InChI=1S/C14H17BrO3/c1-4-17-14-11(16)7-12(14)18-10-5-8(2)13(15)9(3)6-10/h5-6,12,14H,4,7H2,1-3H3. The van der Waals surface area contributed by atoms with Gasteiger partial charge in [0, 0.05) is 17.5 Å². The van der Waals surface area contributed by atoms with Gasteiger partial charge >= 0.3 is 0 Å². The molecule has 4 heteroatoms. The van der Waals surface area contributed by atoms with E-state index in [9.17, 15) is 4.79 Å². The molecule has 1 aromatic rings. The van der Waals surface area contributed by atoms with Gasteiger partial charge in [-0.25, -0.2) is 0 Å². The largest absolute Gasteiger partial charge is 0.487 e. The highest BCUT2D eigenvalue weighted by Gasteiger charge is 2.42. The second-order valence-corrected chi connectivity index (χ2v) is 5.37. The zero-order valence-corrected chi connectivity index (χ0v) is 12.4. The van der Waals surface area contributed by atoms with Gasteiger partial charge in [-0.1, -0.05) is 15.9 Å². The monoisotopic (exact) mass is 312 g/mol. The molecule has 1 aliphatic rings. The van der Waals surface area contributed by atoms with Crippen LogP contribution in [0.3, 0.4) is 0 Å². The molecule has 0 N–H and O–H groups in total. The van der Waals surface area contributed by atoms with E-state index in [4.69, 9.17) is 9.47 Å².